The van der Waals surface area contributed by atoms with Crippen molar-refractivity contribution in [2.24, 2.45) is 0 Å². The minimum Gasteiger partial charge on any atom is -0.450 e. The van der Waals surface area contributed by atoms with Gasteiger partial charge in [0.2, 0.25) is 0 Å². The first-order valence-electron chi connectivity index (χ1n) is 8.52. The van der Waals surface area contributed by atoms with Crippen LogP contribution in [0, 0.1) is 0 Å². The van der Waals surface area contributed by atoms with E-state index in [-0.39, 0.29) is 24.5 Å². The fourth-order valence-corrected chi connectivity index (χ4v) is 2.54. The molecule has 0 saturated heterocycles. The Hall–Kier alpha value is -3.41. The molecule has 0 saturated carbocycles. The molecule has 0 unspecified atom stereocenters. The fraction of sp³-hybridized carbons (Fsp3) is 0.190. The Kier molecular flexibility index (Phi) is 6.88. The summed E-state index contributed by atoms with van der Waals surface area (Å²) in [6.45, 7) is 6.38. The molecule has 2 aromatic rings. The minimum absolute atomic E-state index is 0.219. The van der Waals surface area contributed by atoms with Gasteiger partial charge in [0.15, 0.2) is 0 Å². The molecule has 0 atom stereocenters. The number of carbonyl (C=O) groups excluding carboxylic acids is 3. The molecule has 1 aliphatic heterocycles. The zero-order valence-corrected chi connectivity index (χ0v) is 15.4. The standard InChI is InChI=1S/C17H13NO2.C4H9NO2/c1-12(13-7-3-2-4-8-13)11-18-16(19)14-9-5-6-10-15(14)17(18)20;1-3-7-4(6)5-2/h2-10H,1,11H2;3H2,1-2H3,(H,5,6). The fourth-order valence-electron chi connectivity index (χ4n) is 2.54. The number of hydrogen-bond acceptors (Lipinski definition) is 4. The SMILES string of the molecule is C=C(CN1C(=O)c2ccccc2C1=O)c1ccccc1.CCOC(=O)NC. The Labute approximate surface area is 158 Å². The van der Waals surface area contributed by atoms with Crippen LogP contribution in [0.5, 0.6) is 0 Å². The quantitative estimate of drug-likeness (QED) is 0.842. The van der Waals surface area contributed by atoms with Crippen LogP contribution in [0.25, 0.3) is 5.57 Å². The summed E-state index contributed by atoms with van der Waals surface area (Å²) in [7, 11) is 1.53. The molecular formula is C21H22N2O4. The third-order valence-electron chi connectivity index (χ3n) is 3.89. The van der Waals surface area contributed by atoms with Gasteiger partial charge in [0, 0.05) is 7.05 Å². The zero-order valence-electron chi connectivity index (χ0n) is 15.4. The molecule has 0 aliphatic carbocycles. The van der Waals surface area contributed by atoms with Crippen molar-refractivity contribution in [3.05, 3.63) is 77.9 Å². The van der Waals surface area contributed by atoms with E-state index < -0.39 is 0 Å². The van der Waals surface area contributed by atoms with Crippen molar-refractivity contribution < 1.29 is 19.1 Å². The molecule has 0 radical (unpaired) electrons. The summed E-state index contributed by atoms with van der Waals surface area (Å²) in [5.74, 6) is -0.495. The average Bonchev–Trinajstić information content (AvgIpc) is 2.94. The largest absolute Gasteiger partial charge is 0.450 e. The number of alkyl carbamates (subject to hydrolysis) is 1. The third-order valence-corrected chi connectivity index (χ3v) is 3.89. The number of nitrogens with zero attached hydrogens (tertiary/aromatic N) is 1. The average molecular weight is 366 g/mol. The van der Waals surface area contributed by atoms with Gasteiger partial charge in [0.1, 0.15) is 0 Å². The molecule has 1 N–H and O–H groups in total. The highest BCUT2D eigenvalue weighted by atomic mass is 16.5. The van der Waals surface area contributed by atoms with E-state index >= 15 is 0 Å². The molecule has 27 heavy (non-hydrogen) atoms. The number of imide groups is 1. The Bertz CT molecular complexity index is 811. The number of amides is 3. The number of benzene rings is 2. The number of hydrogen-bond donors (Lipinski definition) is 1. The lowest BCUT2D eigenvalue weighted by molar-refractivity contribution is 0.0674. The number of rotatable bonds is 4. The number of nitrogens with one attached hydrogen (secondary N) is 1. The normalized spacial score (nSPS) is 12.0. The predicted octanol–water partition coefficient (Wildman–Crippen LogP) is 3.36. The maximum absolute atomic E-state index is 12.2. The van der Waals surface area contributed by atoms with Crippen LogP contribution < -0.4 is 5.32 Å². The lowest BCUT2D eigenvalue weighted by Crippen LogP contribution is -2.31. The van der Waals surface area contributed by atoms with E-state index in [9.17, 15) is 14.4 Å². The van der Waals surface area contributed by atoms with Gasteiger partial charge in [-0.05, 0) is 30.2 Å². The first kappa shape index (κ1) is 19.9. The second kappa shape index (κ2) is 9.33. The zero-order chi connectivity index (χ0) is 19.8. The summed E-state index contributed by atoms with van der Waals surface area (Å²) in [5.41, 5.74) is 2.63. The second-order valence-electron chi connectivity index (χ2n) is 5.68. The van der Waals surface area contributed by atoms with Crippen molar-refractivity contribution in [3.63, 3.8) is 0 Å². The molecule has 3 amide bonds. The molecule has 0 spiro atoms. The topological polar surface area (TPSA) is 75.7 Å². The molecule has 1 heterocycles. The molecule has 6 heteroatoms. The van der Waals surface area contributed by atoms with E-state index in [0.29, 0.717) is 17.7 Å². The van der Waals surface area contributed by atoms with Crippen LogP contribution in [0.4, 0.5) is 4.79 Å². The highest BCUT2D eigenvalue weighted by Crippen LogP contribution is 2.24. The molecule has 1 aliphatic rings. The summed E-state index contributed by atoms with van der Waals surface area (Å²) >= 11 is 0. The second-order valence-corrected chi connectivity index (χ2v) is 5.68. The van der Waals surface area contributed by atoms with Gasteiger partial charge >= 0.3 is 6.09 Å². The molecule has 2 aromatic carbocycles. The van der Waals surface area contributed by atoms with Gasteiger partial charge in [-0.25, -0.2) is 4.79 Å². The van der Waals surface area contributed by atoms with Crippen LogP contribution in [-0.2, 0) is 4.74 Å². The van der Waals surface area contributed by atoms with Crippen LogP contribution >= 0.6 is 0 Å². The van der Waals surface area contributed by atoms with Crippen molar-refractivity contribution in [1.29, 1.82) is 0 Å². The highest BCUT2D eigenvalue weighted by Gasteiger charge is 2.35. The lowest BCUT2D eigenvalue weighted by Gasteiger charge is -2.15. The molecular weight excluding hydrogens is 344 g/mol. The lowest BCUT2D eigenvalue weighted by atomic mass is 10.1. The molecule has 3 rings (SSSR count). The van der Waals surface area contributed by atoms with E-state index in [1.54, 1.807) is 31.2 Å². The molecule has 0 aromatic heterocycles. The van der Waals surface area contributed by atoms with Gasteiger partial charge in [-0.2, -0.15) is 0 Å². The molecule has 0 fully saturated rings. The maximum atomic E-state index is 12.2. The van der Waals surface area contributed by atoms with Crippen LogP contribution in [-0.4, -0.2) is 43.0 Å². The summed E-state index contributed by atoms with van der Waals surface area (Å²) < 4.78 is 4.44. The van der Waals surface area contributed by atoms with E-state index in [4.69, 9.17) is 0 Å². The number of ether oxygens (including phenoxy) is 1. The Morgan fingerprint density at radius 1 is 1.00 bits per heavy atom. The summed E-state index contributed by atoms with van der Waals surface area (Å²) in [6.07, 6.45) is -0.373. The Morgan fingerprint density at radius 3 is 1.96 bits per heavy atom. The molecule has 6 nitrogen and oxygen atoms in total. The van der Waals surface area contributed by atoms with Crippen molar-refractivity contribution in [3.8, 4) is 0 Å². The summed E-state index contributed by atoms with van der Waals surface area (Å²) in [5, 5.41) is 2.30. The first-order chi connectivity index (χ1) is 13.0. The van der Waals surface area contributed by atoms with E-state index in [1.165, 1.54) is 11.9 Å². The van der Waals surface area contributed by atoms with Crippen molar-refractivity contribution in [2.75, 3.05) is 20.2 Å². The van der Waals surface area contributed by atoms with Gasteiger partial charge < -0.3 is 10.1 Å². The van der Waals surface area contributed by atoms with Gasteiger partial charge in [0.25, 0.3) is 11.8 Å². The third kappa shape index (κ3) is 4.82. The van der Waals surface area contributed by atoms with Gasteiger partial charge in [-0.15, -0.1) is 0 Å². The monoisotopic (exact) mass is 366 g/mol. The molecule has 0 bridgehead atoms. The predicted molar refractivity (Wildman–Crippen MR) is 103 cm³/mol. The van der Waals surface area contributed by atoms with Crippen molar-refractivity contribution >= 4 is 23.5 Å². The van der Waals surface area contributed by atoms with Gasteiger partial charge in [-0.3, -0.25) is 14.5 Å². The van der Waals surface area contributed by atoms with Crippen molar-refractivity contribution in [2.45, 2.75) is 6.92 Å². The van der Waals surface area contributed by atoms with Crippen LogP contribution in [0.2, 0.25) is 0 Å². The number of fused-ring (bicyclic) bond motifs is 1. The smallest absolute Gasteiger partial charge is 0.406 e. The summed E-state index contributed by atoms with van der Waals surface area (Å²) in [4.78, 5) is 35.8. The van der Waals surface area contributed by atoms with Crippen LogP contribution in [0.1, 0.15) is 33.2 Å². The van der Waals surface area contributed by atoms with Crippen molar-refractivity contribution in [1.82, 2.24) is 10.2 Å². The van der Waals surface area contributed by atoms with Crippen LogP contribution in [0.3, 0.4) is 0 Å². The van der Waals surface area contributed by atoms with E-state index in [0.717, 1.165) is 11.1 Å². The Morgan fingerprint density at radius 2 is 1.52 bits per heavy atom. The Balaban J connectivity index is 0.000000321. The van der Waals surface area contributed by atoms with Gasteiger partial charge in [0.05, 0.1) is 24.3 Å². The molecule has 140 valence electrons. The summed E-state index contributed by atoms with van der Waals surface area (Å²) in [6, 6.07) is 16.5. The maximum Gasteiger partial charge on any atom is 0.406 e. The van der Waals surface area contributed by atoms with E-state index in [2.05, 4.69) is 16.6 Å². The highest BCUT2D eigenvalue weighted by molar-refractivity contribution is 6.21. The first-order valence-corrected chi connectivity index (χ1v) is 8.52. The van der Waals surface area contributed by atoms with Gasteiger partial charge in [-0.1, -0.05) is 49.0 Å². The number of carbonyl (C=O) groups is 3. The van der Waals surface area contributed by atoms with E-state index in [1.807, 2.05) is 30.3 Å². The van der Waals surface area contributed by atoms with Crippen LogP contribution in [0.15, 0.2) is 61.2 Å². The minimum atomic E-state index is -0.373.